The molecule has 0 aliphatic carbocycles. The number of rotatable bonds is 13. The van der Waals surface area contributed by atoms with Crippen molar-refractivity contribution in [3.05, 3.63) is 59.7 Å². The fraction of sp³-hybridized carbons (Fsp3) is 0.467. The van der Waals surface area contributed by atoms with E-state index in [0.29, 0.717) is 18.4 Å². The molecule has 196 valence electrons. The second-order valence-corrected chi connectivity index (χ2v) is 8.68. The third-order valence-electron chi connectivity index (χ3n) is 6.04. The van der Waals surface area contributed by atoms with Crippen LogP contribution in [0.4, 0.5) is 0 Å². The highest BCUT2D eigenvalue weighted by atomic mass is 16.5. The molecule has 2 N–H and O–H groups in total. The number of ketones is 1. The van der Waals surface area contributed by atoms with Crippen molar-refractivity contribution in [1.29, 1.82) is 0 Å². The molecule has 0 atom stereocenters. The number of carbonyl (C=O) groups is 2. The van der Waals surface area contributed by atoms with E-state index in [0.717, 1.165) is 30.8 Å². The largest absolute Gasteiger partial charge is 0.497 e. The van der Waals surface area contributed by atoms with Crippen LogP contribution in [0.1, 0.15) is 67.3 Å². The van der Waals surface area contributed by atoms with Gasteiger partial charge in [-0.1, -0.05) is 18.6 Å². The van der Waals surface area contributed by atoms with E-state index >= 15 is 0 Å². The number of nitrogens with zero attached hydrogens (tertiary/aromatic N) is 1. The number of primary amides is 1. The summed E-state index contributed by atoms with van der Waals surface area (Å²) in [6.45, 7) is 3.87. The van der Waals surface area contributed by atoms with Gasteiger partial charge in [-0.05, 0) is 100 Å². The zero-order chi connectivity index (χ0) is 26.6. The molecular formula is C30H42N2O4. The topological polar surface area (TPSA) is 81.9 Å². The maximum absolute atomic E-state index is 11.8. The lowest BCUT2D eigenvalue weighted by atomic mass is 10.0. The molecule has 0 unspecified atom stereocenters. The van der Waals surface area contributed by atoms with Crippen LogP contribution >= 0.6 is 0 Å². The second-order valence-electron chi connectivity index (χ2n) is 8.68. The Balaban J connectivity index is 0.000000338. The fourth-order valence-electron chi connectivity index (χ4n) is 3.99. The van der Waals surface area contributed by atoms with Crippen molar-refractivity contribution >= 4 is 11.7 Å². The quantitative estimate of drug-likeness (QED) is 0.233. The monoisotopic (exact) mass is 494 g/mol. The van der Waals surface area contributed by atoms with E-state index in [9.17, 15) is 9.59 Å². The van der Waals surface area contributed by atoms with Gasteiger partial charge in [0, 0.05) is 18.4 Å². The van der Waals surface area contributed by atoms with Crippen molar-refractivity contribution in [3.63, 3.8) is 0 Å². The molecule has 0 spiro atoms. The van der Waals surface area contributed by atoms with Gasteiger partial charge in [-0.25, -0.2) is 0 Å². The van der Waals surface area contributed by atoms with Crippen LogP contribution < -0.4 is 15.2 Å². The molecule has 1 amide bonds. The first-order valence-corrected chi connectivity index (χ1v) is 12.7. The van der Waals surface area contributed by atoms with Gasteiger partial charge in [0.25, 0.3) is 0 Å². The molecule has 6 nitrogen and oxygen atoms in total. The van der Waals surface area contributed by atoms with Gasteiger partial charge < -0.3 is 20.1 Å². The Kier molecular flexibility index (Phi) is 16.2. The summed E-state index contributed by atoms with van der Waals surface area (Å²) in [6, 6.07) is 15.5. The lowest BCUT2D eigenvalue weighted by molar-refractivity contribution is -0.118. The van der Waals surface area contributed by atoms with Gasteiger partial charge in [0.05, 0.1) is 14.2 Å². The van der Waals surface area contributed by atoms with Gasteiger partial charge in [0.2, 0.25) is 5.91 Å². The van der Waals surface area contributed by atoms with E-state index in [-0.39, 0.29) is 11.7 Å². The summed E-state index contributed by atoms with van der Waals surface area (Å²) in [7, 11) is 3.30. The summed E-state index contributed by atoms with van der Waals surface area (Å²) in [5, 5.41) is 0. The molecule has 1 saturated heterocycles. The van der Waals surface area contributed by atoms with Crippen LogP contribution in [-0.2, 0) is 11.2 Å². The summed E-state index contributed by atoms with van der Waals surface area (Å²) in [5.41, 5.74) is 7.15. The van der Waals surface area contributed by atoms with Crippen molar-refractivity contribution in [1.82, 2.24) is 4.90 Å². The minimum absolute atomic E-state index is 0.122. The summed E-state index contributed by atoms with van der Waals surface area (Å²) in [4.78, 5) is 24.9. The standard InChI is InChI=1S/C14H19NO3.C14H21NO.C2H2/c1-18-12-9-7-11(8-10-12)13(16)5-3-2-4-6-14(15)17;1-16-14-8-6-13(7-9-14)5-4-12-15-10-2-3-11-15;1-2/h7-10H,2-6H2,1H3,(H2,15,17);6-9H,2-5,10-12H2,1H3;1-2H. The van der Waals surface area contributed by atoms with Crippen LogP contribution in [0.25, 0.3) is 0 Å². The molecule has 3 rings (SSSR count). The van der Waals surface area contributed by atoms with Gasteiger partial charge in [0.15, 0.2) is 5.78 Å². The van der Waals surface area contributed by atoms with E-state index in [1.54, 1.807) is 38.5 Å². The number of ether oxygens (including phenoxy) is 2. The number of likely N-dealkylation sites (tertiary alicyclic amines) is 1. The Labute approximate surface area is 217 Å². The van der Waals surface area contributed by atoms with Crippen molar-refractivity contribution in [2.75, 3.05) is 33.9 Å². The molecule has 6 heteroatoms. The fourth-order valence-corrected chi connectivity index (χ4v) is 3.99. The molecule has 0 saturated carbocycles. The molecule has 2 aromatic carbocycles. The number of aryl methyl sites for hydroxylation is 1. The Morgan fingerprint density at radius 1 is 0.806 bits per heavy atom. The lowest BCUT2D eigenvalue weighted by Gasteiger charge is -2.13. The van der Waals surface area contributed by atoms with Crippen molar-refractivity contribution in [3.8, 4) is 24.3 Å². The number of methoxy groups -OCH3 is 2. The minimum Gasteiger partial charge on any atom is -0.497 e. The maximum atomic E-state index is 11.8. The van der Waals surface area contributed by atoms with Gasteiger partial charge in [-0.2, -0.15) is 0 Å². The summed E-state index contributed by atoms with van der Waals surface area (Å²) in [5.74, 6) is 1.53. The maximum Gasteiger partial charge on any atom is 0.217 e. The van der Waals surface area contributed by atoms with E-state index < -0.39 is 0 Å². The van der Waals surface area contributed by atoms with Gasteiger partial charge in [-0.15, -0.1) is 12.8 Å². The highest BCUT2D eigenvalue weighted by molar-refractivity contribution is 5.96. The van der Waals surface area contributed by atoms with Gasteiger partial charge in [0.1, 0.15) is 11.5 Å². The molecule has 0 bridgehead atoms. The highest BCUT2D eigenvalue weighted by Gasteiger charge is 2.10. The van der Waals surface area contributed by atoms with Crippen LogP contribution in [0.5, 0.6) is 11.5 Å². The molecule has 1 aliphatic rings. The van der Waals surface area contributed by atoms with Crippen molar-refractivity contribution < 1.29 is 19.1 Å². The smallest absolute Gasteiger partial charge is 0.217 e. The Morgan fingerprint density at radius 2 is 1.33 bits per heavy atom. The molecule has 1 aliphatic heterocycles. The first-order chi connectivity index (χ1) is 17.5. The van der Waals surface area contributed by atoms with Crippen LogP contribution in [0, 0.1) is 12.8 Å². The third kappa shape index (κ3) is 13.0. The lowest BCUT2D eigenvalue weighted by Crippen LogP contribution is -2.20. The number of hydrogen-bond acceptors (Lipinski definition) is 5. The molecule has 0 radical (unpaired) electrons. The van der Waals surface area contributed by atoms with E-state index in [1.165, 1.54) is 50.9 Å². The minimum atomic E-state index is -0.281. The molecule has 1 heterocycles. The summed E-state index contributed by atoms with van der Waals surface area (Å²) in [6.07, 6.45) is 16.5. The predicted molar refractivity (Wildman–Crippen MR) is 146 cm³/mol. The number of amides is 1. The number of Topliss-reactive ketones (excluding diaryl/α,β-unsaturated/α-hetero) is 1. The van der Waals surface area contributed by atoms with Crippen LogP contribution in [0.15, 0.2) is 48.5 Å². The number of terminal acetylenes is 1. The van der Waals surface area contributed by atoms with Crippen molar-refractivity contribution in [2.24, 2.45) is 5.73 Å². The molecule has 0 aromatic heterocycles. The normalized spacial score (nSPS) is 12.4. The second kappa shape index (κ2) is 19.0. The first kappa shape index (κ1) is 30.7. The van der Waals surface area contributed by atoms with Crippen molar-refractivity contribution in [2.45, 2.75) is 57.8 Å². The highest BCUT2D eigenvalue weighted by Crippen LogP contribution is 2.15. The molecule has 36 heavy (non-hydrogen) atoms. The van der Waals surface area contributed by atoms with Crippen LogP contribution in [0.3, 0.4) is 0 Å². The Morgan fingerprint density at radius 3 is 1.86 bits per heavy atom. The third-order valence-corrected chi connectivity index (χ3v) is 6.04. The molecule has 2 aromatic rings. The van der Waals surface area contributed by atoms with E-state index in [1.807, 2.05) is 12.1 Å². The predicted octanol–water partition coefficient (Wildman–Crippen LogP) is 5.29. The number of unbranched alkanes of at least 4 members (excludes halogenated alkanes) is 2. The number of carbonyl (C=O) groups excluding carboxylic acids is 2. The van der Waals surface area contributed by atoms with E-state index in [2.05, 4.69) is 29.9 Å². The Bertz CT molecular complexity index is 885. The van der Waals surface area contributed by atoms with Crippen LogP contribution in [0.2, 0.25) is 0 Å². The SMILES string of the molecule is C#C.COc1ccc(C(=O)CCCCCC(N)=O)cc1.COc1ccc(CCCN2CCCC2)cc1. The average Bonchev–Trinajstić information content (AvgIpc) is 3.44. The zero-order valence-corrected chi connectivity index (χ0v) is 21.9. The number of benzene rings is 2. The van der Waals surface area contributed by atoms with Crippen LogP contribution in [-0.4, -0.2) is 50.4 Å². The Hall–Kier alpha value is -3.30. The zero-order valence-electron chi connectivity index (χ0n) is 21.9. The average molecular weight is 495 g/mol. The number of hydrogen-bond donors (Lipinski definition) is 1. The van der Waals surface area contributed by atoms with Gasteiger partial charge in [-0.3, -0.25) is 9.59 Å². The number of nitrogens with two attached hydrogens (primary N) is 1. The molecular weight excluding hydrogens is 452 g/mol. The van der Waals surface area contributed by atoms with Gasteiger partial charge >= 0.3 is 0 Å². The summed E-state index contributed by atoms with van der Waals surface area (Å²) < 4.78 is 10.2. The first-order valence-electron chi connectivity index (χ1n) is 12.7. The summed E-state index contributed by atoms with van der Waals surface area (Å²) >= 11 is 0. The van der Waals surface area contributed by atoms with E-state index in [4.69, 9.17) is 15.2 Å². The molecule has 1 fully saturated rings.